The van der Waals surface area contributed by atoms with E-state index in [2.05, 4.69) is 5.32 Å². The molecular weight excluding hydrogens is 248 g/mol. The summed E-state index contributed by atoms with van der Waals surface area (Å²) in [4.78, 5) is 0. The third-order valence-electron chi connectivity index (χ3n) is 2.85. The Labute approximate surface area is 113 Å². The average molecular weight is 269 g/mol. The van der Waals surface area contributed by atoms with E-state index in [9.17, 15) is 8.78 Å². The summed E-state index contributed by atoms with van der Waals surface area (Å²) in [5.41, 5.74) is 1.32. The second-order valence-corrected chi connectivity index (χ2v) is 4.71. The van der Waals surface area contributed by atoms with Crippen LogP contribution in [0.4, 0.5) is 8.78 Å². The van der Waals surface area contributed by atoms with Gasteiger partial charge < -0.3 is 10.1 Å². The molecule has 4 heteroatoms. The van der Waals surface area contributed by atoms with E-state index in [1.54, 1.807) is 13.2 Å². The van der Waals surface area contributed by atoms with Gasteiger partial charge in [-0.2, -0.15) is 0 Å². The van der Waals surface area contributed by atoms with Gasteiger partial charge in [-0.3, -0.25) is 0 Å². The predicted molar refractivity (Wildman–Crippen MR) is 73.9 cm³/mol. The maximum Gasteiger partial charge on any atom is 0.130 e. The SMILES string of the molecule is COCCNCC(=Cc1cc(F)ccc1F)C(C)C. The minimum atomic E-state index is -0.428. The van der Waals surface area contributed by atoms with Crippen molar-refractivity contribution in [2.45, 2.75) is 13.8 Å². The molecule has 0 saturated carbocycles. The highest BCUT2D eigenvalue weighted by Crippen LogP contribution is 2.17. The molecule has 0 aliphatic carbocycles. The summed E-state index contributed by atoms with van der Waals surface area (Å²) >= 11 is 0. The van der Waals surface area contributed by atoms with Gasteiger partial charge in [0.1, 0.15) is 11.6 Å². The minimum Gasteiger partial charge on any atom is -0.383 e. The third-order valence-corrected chi connectivity index (χ3v) is 2.85. The molecule has 0 amide bonds. The van der Waals surface area contributed by atoms with Gasteiger partial charge in [-0.1, -0.05) is 25.5 Å². The first-order valence-electron chi connectivity index (χ1n) is 6.39. The Morgan fingerprint density at radius 2 is 2.11 bits per heavy atom. The van der Waals surface area contributed by atoms with Crippen LogP contribution in [0.25, 0.3) is 6.08 Å². The lowest BCUT2D eigenvalue weighted by Gasteiger charge is -2.13. The van der Waals surface area contributed by atoms with Gasteiger partial charge in [0.15, 0.2) is 0 Å². The Bertz CT molecular complexity index is 430. The van der Waals surface area contributed by atoms with Crippen LogP contribution in [0.1, 0.15) is 19.4 Å². The maximum atomic E-state index is 13.6. The molecule has 19 heavy (non-hydrogen) atoms. The van der Waals surface area contributed by atoms with E-state index in [1.807, 2.05) is 13.8 Å². The number of nitrogens with one attached hydrogen (secondary N) is 1. The monoisotopic (exact) mass is 269 g/mol. The third kappa shape index (κ3) is 5.49. The van der Waals surface area contributed by atoms with Crippen molar-refractivity contribution in [3.63, 3.8) is 0 Å². The van der Waals surface area contributed by atoms with Crippen LogP contribution in [0.15, 0.2) is 23.8 Å². The zero-order valence-electron chi connectivity index (χ0n) is 11.7. The van der Waals surface area contributed by atoms with Gasteiger partial charge in [-0.05, 0) is 24.1 Å². The van der Waals surface area contributed by atoms with E-state index >= 15 is 0 Å². The second kappa shape index (κ2) is 8.02. The summed E-state index contributed by atoms with van der Waals surface area (Å²) < 4.78 is 31.7. The molecule has 0 saturated heterocycles. The van der Waals surface area contributed by atoms with Crippen molar-refractivity contribution < 1.29 is 13.5 Å². The minimum absolute atomic E-state index is 0.262. The first-order valence-corrected chi connectivity index (χ1v) is 6.39. The molecule has 0 heterocycles. The van der Waals surface area contributed by atoms with Gasteiger partial charge in [0.05, 0.1) is 6.61 Å². The Kier molecular flexibility index (Phi) is 6.67. The van der Waals surface area contributed by atoms with Gasteiger partial charge in [-0.25, -0.2) is 8.78 Å². The molecule has 0 bridgehead atoms. The smallest absolute Gasteiger partial charge is 0.130 e. The number of hydrogen-bond donors (Lipinski definition) is 1. The van der Waals surface area contributed by atoms with Crippen molar-refractivity contribution in [1.82, 2.24) is 5.32 Å². The van der Waals surface area contributed by atoms with E-state index < -0.39 is 11.6 Å². The van der Waals surface area contributed by atoms with Crippen LogP contribution < -0.4 is 5.32 Å². The fourth-order valence-electron chi connectivity index (χ4n) is 1.65. The Morgan fingerprint density at radius 1 is 1.37 bits per heavy atom. The molecule has 2 nitrogen and oxygen atoms in total. The van der Waals surface area contributed by atoms with E-state index in [-0.39, 0.29) is 11.5 Å². The van der Waals surface area contributed by atoms with E-state index in [0.717, 1.165) is 24.3 Å². The molecule has 0 aliphatic heterocycles. The molecule has 0 fully saturated rings. The van der Waals surface area contributed by atoms with Crippen molar-refractivity contribution in [2.24, 2.45) is 5.92 Å². The summed E-state index contributed by atoms with van der Waals surface area (Å²) in [6.07, 6.45) is 1.71. The van der Waals surface area contributed by atoms with Gasteiger partial charge in [0.25, 0.3) is 0 Å². The Morgan fingerprint density at radius 3 is 2.74 bits per heavy atom. The molecule has 1 rings (SSSR count). The van der Waals surface area contributed by atoms with Crippen LogP contribution in [0.3, 0.4) is 0 Å². The van der Waals surface area contributed by atoms with Crippen LogP contribution in [-0.2, 0) is 4.74 Å². The normalized spacial score (nSPS) is 12.2. The lowest BCUT2D eigenvalue weighted by molar-refractivity contribution is 0.200. The summed E-state index contributed by atoms with van der Waals surface area (Å²) in [6, 6.07) is 3.49. The molecule has 106 valence electrons. The Hall–Kier alpha value is -1.26. The van der Waals surface area contributed by atoms with E-state index in [0.29, 0.717) is 13.2 Å². The van der Waals surface area contributed by atoms with Crippen LogP contribution in [0.5, 0.6) is 0 Å². The van der Waals surface area contributed by atoms with Gasteiger partial charge in [-0.15, -0.1) is 0 Å². The number of rotatable bonds is 7. The molecule has 1 aromatic rings. The number of benzene rings is 1. The average Bonchev–Trinajstić information content (AvgIpc) is 2.37. The zero-order chi connectivity index (χ0) is 14.3. The van der Waals surface area contributed by atoms with E-state index in [4.69, 9.17) is 4.74 Å². The zero-order valence-corrected chi connectivity index (χ0v) is 11.7. The molecule has 0 spiro atoms. The molecular formula is C15H21F2NO. The van der Waals surface area contributed by atoms with Crippen molar-refractivity contribution in [1.29, 1.82) is 0 Å². The first-order chi connectivity index (χ1) is 9.04. The number of methoxy groups -OCH3 is 1. The van der Waals surface area contributed by atoms with Gasteiger partial charge in [0, 0.05) is 25.8 Å². The molecule has 1 aromatic carbocycles. The highest BCUT2D eigenvalue weighted by Gasteiger charge is 2.07. The molecule has 0 radical (unpaired) electrons. The lowest BCUT2D eigenvalue weighted by atomic mass is 10.00. The highest BCUT2D eigenvalue weighted by molar-refractivity contribution is 5.54. The van der Waals surface area contributed by atoms with Crippen molar-refractivity contribution in [3.05, 3.63) is 41.0 Å². The quantitative estimate of drug-likeness (QED) is 0.767. The van der Waals surface area contributed by atoms with Crippen LogP contribution in [0, 0.1) is 17.6 Å². The fraction of sp³-hybridized carbons (Fsp3) is 0.467. The van der Waals surface area contributed by atoms with Gasteiger partial charge >= 0.3 is 0 Å². The first kappa shape index (κ1) is 15.8. The van der Waals surface area contributed by atoms with Crippen LogP contribution in [0.2, 0.25) is 0 Å². The predicted octanol–water partition coefficient (Wildman–Crippen LogP) is 3.24. The summed E-state index contributed by atoms with van der Waals surface area (Å²) in [6.45, 7) is 6.05. The van der Waals surface area contributed by atoms with Crippen LogP contribution >= 0.6 is 0 Å². The van der Waals surface area contributed by atoms with Crippen LogP contribution in [-0.4, -0.2) is 26.8 Å². The molecule has 0 atom stereocenters. The topological polar surface area (TPSA) is 21.3 Å². The maximum absolute atomic E-state index is 13.6. The molecule has 0 aliphatic rings. The Balaban J connectivity index is 2.79. The second-order valence-electron chi connectivity index (χ2n) is 4.71. The number of ether oxygens (including phenoxy) is 1. The fourth-order valence-corrected chi connectivity index (χ4v) is 1.65. The van der Waals surface area contributed by atoms with Crippen molar-refractivity contribution >= 4 is 6.08 Å². The van der Waals surface area contributed by atoms with Gasteiger partial charge in [0.2, 0.25) is 0 Å². The standard InChI is InChI=1S/C15H21F2NO/c1-11(2)13(10-18-6-7-19-3)8-12-9-14(16)4-5-15(12)17/h4-5,8-9,11,18H,6-7,10H2,1-3H3. The van der Waals surface area contributed by atoms with E-state index in [1.165, 1.54) is 6.07 Å². The molecule has 0 aromatic heterocycles. The van der Waals surface area contributed by atoms with Crippen molar-refractivity contribution in [2.75, 3.05) is 26.8 Å². The molecule has 1 N–H and O–H groups in total. The summed E-state index contributed by atoms with van der Waals surface area (Å²) in [5.74, 6) is -0.572. The number of halogens is 2. The molecule has 0 unspecified atom stereocenters. The summed E-state index contributed by atoms with van der Waals surface area (Å²) in [7, 11) is 1.64. The largest absolute Gasteiger partial charge is 0.383 e. The van der Waals surface area contributed by atoms with Crippen molar-refractivity contribution in [3.8, 4) is 0 Å². The highest BCUT2D eigenvalue weighted by atomic mass is 19.1. The lowest BCUT2D eigenvalue weighted by Crippen LogP contribution is -2.23. The number of hydrogen-bond acceptors (Lipinski definition) is 2. The summed E-state index contributed by atoms with van der Waals surface area (Å²) in [5, 5.41) is 3.21.